The van der Waals surface area contributed by atoms with Crippen molar-refractivity contribution in [2.75, 3.05) is 20.3 Å². The van der Waals surface area contributed by atoms with E-state index in [1.165, 1.54) is 11.3 Å². The summed E-state index contributed by atoms with van der Waals surface area (Å²) in [5.74, 6) is 0. The van der Waals surface area contributed by atoms with Crippen molar-refractivity contribution < 1.29 is 4.74 Å². The number of ether oxygens (including phenoxy) is 1. The molecule has 1 heterocycles. The van der Waals surface area contributed by atoms with E-state index in [0.717, 1.165) is 37.7 Å². The SMILES string of the molecule is COCCCNCc1cccn1Cc1cccc(Cl)c1. The van der Waals surface area contributed by atoms with Gasteiger partial charge in [-0.2, -0.15) is 0 Å². The van der Waals surface area contributed by atoms with E-state index in [0.29, 0.717) is 0 Å². The largest absolute Gasteiger partial charge is 0.385 e. The maximum atomic E-state index is 6.02. The van der Waals surface area contributed by atoms with E-state index < -0.39 is 0 Å². The second kappa shape index (κ2) is 8.10. The van der Waals surface area contributed by atoms with E-state index >= 15 is 0 Å². The first kappa shape index (κ1) is 15.1. The van der Waals surface area contributed by atoms with Crippen molar-refractivity contribution in [2.24, 2.45) is 0 Å². The first-order valence-corrected chi connectivity index (χ1v) is 7.25. The summed E-state index contributed by atoms with van der Waals surface area (Å²) in [4.78, 5) is 0. The van der Waals surface area contributed by atoms with E-state index in [1.54, 1.807) is 7.11 Å². The first-order chi connectivity index (χ1) is 9.79. The summed E-state index contributed by atoms with van der Waals surface area (Å²) in [6, 6.07) is 12.2. The fourth-order valence-corrected chi connectivity index (χ4v) is 2.37. The van der Waals surface area contributed by atoms with E-state index in [4.69, 9.17) is 16.3 Å². The minimum atomic E-state index is 0.786. The van der Waals surface area contributed by atoms with Crippen LogP contribution in [0.1, 0.15) is 17.7 Å². The molecule has 0 fully saturated rings. The maximum absolute atomic E-state index is 6.02. The minimum absolute atomic E-state index is 0.786. The van der Waals surface area contributed by atoms with E-state index in [1.807, 2.05) is 18.2 Å². The molecule has 20 heavy (non-hydrogen) atoms. The lowest BCUT2D eigenvalue weighted by Gasteiger charge is -2.10. The Morgan fingerprint density at radius 1 is 1.25 bits per heavy atom. The summed E-state index contributed by atoms with van der Waals surface area (Å²) in [6.07, 6.45) is 3.14. The van der Waals surface area contributed by atoms with E-state index in [2.05, 4.69) is 34.3 Å². The van der Waals surface area contributed by atoms with Crippen molar-refractivity contribution in [1.82, 2.24) is 9.88 Å². The molecule has 1 aromatic carbocycles. The Balaban J connectivity index is 1.88. The van der Waals surface area contributed by atoms with Crippen LogP contribution in [0.2, 0.25) is 5.02 Å². The van der Waals surface area contributed by atoms with Crippen molar-refractivity contribution in [2.45, 2.75) is 19.5 Å². The van der Waals surface area contributed by atoms with Crippen LogP contribution in [0.4, 0.5) is 0 Å². The molecule has 0 saturated heterocycles. The Kier molecular flexibility index (Phi) is 6.12. The van der Waals surface area contributed by atoms with Gasteiger partial charge in [0.05, 0.1) is 0 Å². The molecule has 1 N–H and O–H groups in total. The number of hydrogen-bond acceptors (Lipinski definition) is 2. The van der Waals surface area contributed by atoms with Gasteiger partial charge in [0.1, 0.15) is 0 Å². The van der Waals surface area contributed by atoms with Crippen LogP contribution in [0.25, 0.3) is 0 Å². The molecule has 0 atom stereocenters. The van der Waals surface area contributed by atoms with Gasteiger partial charge in [0, 0.05) is 43.7 Å². The third-order valence-electron chi connectivity index (χ3n) is 3.17. The van der Waals surface area contributed by atoms with Crippen LogP contribution in [0.3, 0.4) is 0 Å². The fraction of sp³-hybridized carbons (Fsp3) is 0.375. The Labute approximate surface area is 125 Å². The molecule has 0 aliphatic carbocycles. The normalized spacial score (nSPS) is 10.9. The number of rotatable bonds is 8. The first-order valence-electron chi connectivity index (χ1n) is 6.87. The van der Waals surface area contributed by atoms with Crippen LogP contribution in [0, 0.1) is 0 Å². The zero-order chi connectivity index (χ0) is 14.2. The molecule has 2 aromatic rings. The molecule has 0 bridgehead atoms. The number of methoxy groups -OCH3 is 1. The minimum Gasteiger partial charge on any atom is -0.385 e. The zero-order valence-corrected chi connectivity index (χ0v) is 12.6. The highest BCUT2D eigenvalue weighted by Crippen LogP contribution is 2.13. The van der Waals surface area contributed by atoms with Gasteiger partial charge in [-0.25, -0.2) is 0 Å². The second-order valence-electron chi connectivity index (χ2n) is 4.78. The highest BCUT2D eigenvalue weighted by Gasteiger charge is 2.02. The lowest BCUT2D eigenvalue weighted by Crippen LogP contribution is -2.18. The van der Waals surface area contributed by atoms with Crippen LogP contribution in [0.15, 0.2) is 42.6 Å². The average molecular weight is 293 g/mol. The molecule has 0 amide bonds. The molecule has 4 heteroatoms. The van der Waals surface area contributed by atoms with Crippen LogP contribution in [-0.4, -0.2) is 24.8 Å². The van der Waals surface area contributed by atoms with Gasteiger partial charge < -0.3 is 14.6 Å². The summed E-state index contributed by atoms with van der Waals surface area (Å²) < 4.78 is 7.28. The van der Waals surface area contributed by atoms with Gasteiger partial charge in [-0.3, -0.25) is 0 Å². The molecule has 3 nitrogen and oxygen atoms in total. The second-order valence-corrected chi connectivity index (χ2v) is 5.22. The summed E-state index contributed by atoms with van der Waals surface area (Å²) in [5.41, 5.74) is 2.50. The van der Waals surface area contributed by atoms with Gasteiger partial charge in [-0.15, -0.1) is 0 Å². The lowest BCUT2D eigenvalue weighted by atomic mass is 10.2. The smallest absolute Gasteiger partial charge is 0.0474 e. The van der Waals surface area contributed by atoms with Crippen molar-refractivity contribution >= 4 is 11.6 Å². The number of halogens is 1. The van der Waals surface area contributed by atoms with Gasteiger partial charge in [0.25, 0.3) is 0 Å². The Morgan fingerprint density at radius 2 is 2.15 bits per heavy atom. The standard InChI is InChI=1S/C16H21ClN2O/c1-20-10-4-8-18-12-16-7-3-9-19(16)13-14-5-2-6-15(17)11-14/h2-3,5-7,9,11,18H,4,8,10,12-13H2,1H3. The third-order valence-corrected chi connectivity index (χ3v) is 3.41. The average Bonchev–Trinajstić information content (AvgIpc) is 2.86. The van der Waals surface area contributed by atoms with Crippen LogP contribution < -0.4 is 5.32 Å². The van der Waals surface area contributed by atoms with Crippen LogP contribution in [-0.2, 0) is 17.8 Å². The molecular formula is C16H21ClN2O. The summed E-state index contributed by atoms with van der Waals surface area (Å²) in [6.45, 7) is 3.49. The van der Waals surface area contributed by atoms with Gasteiger partial charge in [-0.1, -0.05) is 23.7 Å². The maximum Gasteiger partial charge on any atom is 0.0474 e. The monoisotopic (exact) mass is 292 g/mol. The van der Waals surface area contributed by atoms with Gasteiger partial charge >= 0.3 is 0 Å². The Hall–Kier alpha value is -1.29. The highest BCUT2D eigenvalue weighted by molar-refractivity contribution is 6.30. The topological polar surface area (TPSA) is 26.2 Å². The molecule has 108 valence electrons. The van der Waals surface area contributed by atoms with Gasteiger partial charge in [0.2, 0.25) is 0 Å². The van der Waals surface area contributed by atoms with Gasteiger partial charge in [-0.05, 0) is 42.8 Å². The number of aromatic nitrogens is 1. The molecule has 0 aliphatic rings. The predicted molar refractivity (Wildman–Crippen MR) is 83.2 cm³/mol. The molecule has 1 aromatic heterocycles. The van der Waals surface area contributed by atoms with Crippen LogP contribution in [0.5, 0.6) is 0 Å². The number of nitrogens with zero attached hydrogens (tertiary/aromatic N) is 1. The molecule has 0 saturated carbocycles. The number of hydrogen-bond donors (Lipinski definition) is 1. The molecule has 0 spiro atoms. The van der Waals surface area contributed by atoms with E-state index in [-0.39, 0.29) is 0 Å². The fourth-order valence-electron chi connectivity index (χ4n) is 2.15. The molecule has 0 radical (unpaired) electrons. The Bertz CT molecular complexity index is 525. The highest BCUT2D eigenvalue weighted by atomic mass is 35.5. The summed E-state index contributed by atoms with van der Waals surface area (Å²) >= 11 is 6.02. The lowest BCUT2D eigenvalue weighted by molar-refractivity contribution is 0.194. The third kappa shape index (κ3) is 4.67. The Morgan fingerprint density at radius 3 is 2.95 bits per heavy atom. The van der Waals surface area contributed by atoms with Gasteiger partial charge in [0.15, 0.2) is 0 Å². The molecule has 0 aliphatic heterocycles. The molecular weight excluding hydrogens is 272 g/mol. The predicted octanol–water partition coefficient (Wildman–Crippen LogP) is 3.32. The molecule has 0 unspecified atom stereocenters. The van der Waals surface area contributed by atoms with E-state index in [9.17, 15) is 0 Å². The molecule has 2 rings (SSSR count). The summed E-state index contributed by atoms with van der Waals surface area (Å²) in [5, 5.41) is 4.22. The summed E-state index contributed by atoms with van der Waals surface area (Å²) in [7, 11) is 1.73. The number of nitrogens with one attached hydrogen (secondary N) is 1. The zero-order valence-electron chi connectivity index (χ0n) is 11.8. The number of benzene rings is 1. The van der Waals surface area contributed by atoms with Crippen molar-refractivity contribution in [1.29, 1.82) is 0 Å². The van der Waals surface area contributed by atoms with Crippen LogP contribution >= 0.6 is 11.6 Å². The quantitative estimate of drug-likeness (QED) is 0.756. The van der Waals surface area contributed by atoms with Crippen molar-refractivity contribution in [3.8, 4) is 0 Å². The van der Waals surface area contributed by atoms with Crippen molar-refractivity contribution in [3.05, 3.63) is 58.9 Å². The van der Waals surface area contributed by atoms with Crippen molar-refractivity contribution in [3.63, 3.8) is 0 Å².